The standard InChI is InChI=1S/C6H10F2O/c1-5(3-4-9)6(2,7)8/h4-5H,3H2,1-2H3/t5-/m1/s1. The molecule has 54 valence electrons. The van der Waals surface area contributed by atoms with Crippen LogP contribution in [0, 0.1) is 5.92 Å². The maximum Gasteiger partial charge on any atom is 0.248 e. The minimum absolute atomic E-state index is 0.0660. The molecule has 9 heavy (non-hydrogen) atoms. The molecule has 0 radical (unpaired) electrons. The zero-order valence-electron chi connectivity index (χ0n) is 5.53. The number of aldehydes is 1. The Labute approximate surface area is 53.1 Å². The molecule has 0 aliphatic carbocycles. The van der Waals surface area contributed by atoms with Gasteiger partial charge in [0.25, 0.3) is 0 Å². The van der Waals surface area contributed by atoms with Crippen molar-refractivity contribution < 1.29 is 13.6 Å². The first kappa shape index (κ1) is 8.53. The van der Waals surface area contributed by atoms with E-state index in [9.17, 15) is 13.6 Å². The Morgan fingerprint density at radius 2 is 2.11 bits per heavy atom. The summed E-state index contributed by atoms with van der Waals surface area (Å²) in [6, 6.07) is 0. The average molecular weight is 136 g/mol. The Hall–Kier alpha value is -0.470. The molecule has 0 heterocycles. The number of hydrogen-bond acceptors (Lipinski definition) is 1. The first-order valence-electron chi connectivity index (χ1n) is 2.80. The number of carbonyl (C=O) groups is 1. The Morgan fingerprint density at radius 3 is 2.22 bits per heavy atom. The molecule has 0 saturated carbocycles. The van der Waals surface area contributed by atoms with Crippen molar-refractivity contribution in [3.05, 3.63) is 0 Å². The van der Waals surface area contributed by atoms with E-state index in [0.717, 1.165) is 6.92 Å². The number of alkyl halides is 2. The maximum atomic E-state index is 12.1. The Bertz CT molecular complexity index is 95.7. The van der Waals surface area contributed by atoms with E-state index in [2.05, 4.69) is 0 Å². The summed E-state index contributed by atoms with van der Waals surface area (Å²) in [5.74, 6) is -3.56. The summed E-state index contributed by atoms with van der Waals surface area (Å²) in [4.78, 5) is 9.73. The highest BCUT2D eigenvalue weighted by Crippen LogP contribution is 2.24. The van der Waals surface area contributed by atoms with E-state index in [4.69, 9.17) is 0 Å². The van der Waals surface area contributed by atoms with Gasteiger partial charge in [-0.1, -0.05) is 6.92 Å². The van der Waals surface area contributed by atoms with E-state index >= 15 is 0 Å². The normalized spacial score (nSPS) is 15.1. The highest BCUT2D eigenvalue weighted by atomic mass is 19.3. The maximum absolute atomic E-state index is 12.1. The lowest BCUT2D eigenvalue weighted by molar-refractivity contribution is -0.112. The highest BCUT2D eigenvalue weighted by Gasteiger charge is 2.29. The van der Waals surface area contributed by atoms with Gasteiger partial charge in [-0.25, -0.2) is 8.78 Å². The van der Waals surface area contributed by atoms with Crippen LogP contribution < -0.4 is 0 Å². The lowest BCUT2D eigenvalue weighted by Crippen LogP contribution is -2.21. The van der Waals surface area contributed by atoms with E-state index in [-0.39, 0.29) is 6.42 Å². The zero-order valence-corrected chi connectivity index (χ0v) is 5.53. The van der Waals surface area contributed by atoms with Gasteiger partial charge in [0.1, 0.15) is 6.29 Å². The fourth-order valence-electron chi connectivity index (χ4n) is 0.351. The van der Waals surface area contributed by atoms with Gasteiger partial charge in [0.2, 0.25) is 5.92 Å². The van der Waals surface area contributed by atoms with Crippen molar-refractivity contribution in [3.8, 4) is 0 Å². The summed E-state index contributed by atoms with van der Waals surface area (Å²) in [6.07, 6.45) is 0.450. The van der Waals surface area contributed by atoms with Crippen molar-refractivity contribution in [1.29, 1.82) is 0 Å². The molecule has 0 rings (SSSR count). The SMILES string of the molecule is C[C@H](CC=O)C(C)(F)F. The molecule has 0 aliphatic heterocycles. The molecule has 1 atom stereocenters. The third-order valence-corrected chi connectivity index (χ3v) is 1.32. The van der Waals surface area contributed by atoms with Crippen LogP contribution in [-0.2, 0) is 4.79 Å². The van der Waals surface area contributed by atoms with Crippen LogP contribution in [-0.4, -0.2) is 12.2 Å². The number of halogens is 2. The lowest BCUT2D eigenvalue weighted by Gasteiger charge is -2.15. The molecule has 0 bridgehead atoms. The van der Waals surface area contributed by atoms with Crippen molar-refractivity contribution in [2.75, 3.05) is 0 Å². The zero-order chi connectivity index (χ0) is 7.49. The summed E-state index contributed by atoms with van der Waals surface area (Å²) in [5, 5.41) is 0. The van der Waals surface area contributed by atoms with Crippen LogP contribution in [0.25, 0.3) is 0 Å². The fourth-order valence-corrected chi connectivity index (χ4v) is 0.351. The first-order chi connectivity index (χ1) is 3.98. The van der Waals surface area contributed by atoms with Gasteiger partial charge in [-0.15, -0.1) is 0 Å². The van der Waals surface area contributed by atoms with Gasteiger partial charge in [-0.3, -0.25) is 0 Å². The summed E-state index contributed by atoms with van der Waals surface area (Å²) < 4.78 is 24.3. The number of hydrogen-bond donors (Lipinski definition) is 0. The minimum atomic E-state index is -2.72. The van der Waals surface area contributed by atoms with E-state index < -0.39 is 11.8 Å². The molecule has 0 fully saturated rings. The summed E-state index contributed by atoms with van der Waals surface area (Å²) >= 11 is 0. The molecule has 0 spiro atoms. The van der Waals surface area contributed by atoms with Crippen molar-refractivity contribution >= 4 is 6.29 Å². The van der Waals surface area contributed by atoms with Gasteiger partial charge in [0.05, 0.1) is 0 Å². The van der Waals surface area contributed by atoms with Crippen LogP contribution in [0.1, 0.15) is 20.3 Å². The first-order valence-corrected chi connectivity index (χ1v) is 2.80. The highest BCUT2D eigenvalue weighted by molar-refractivity contribution is 5.49. The Morgan fingerprint density at radius 1 is 1.67 bits per heavy atom. The predicted molar refractivity (Wildman–Crippen MR) is 30.5 cm³/mol. The molecular formula is C6H10F2O. The molecule has 0 saturated heterocycles. The van der Waals surface area contributed by atoms with Gasteiger partial charge >= 0.3 is 0 Å². The molecule has 0 aromatic carbocycles. The molecule has 0 aromatic rings. The third kappa shape index (κ3) is 3.16. The second kappa shape index (κ2) is 2.90. The molecule has 0 aliphatic rings. The Balaban J connectivity index is 3.72. The summed E-state index contributed by atoms with van der Waals surface area (Å²) in [5.41, 5.74) is 0. The van der Waals surface area contributed by atoms with E-state index in [1.54, 1.807) is 0 Å². The second-order valence-electron chi connectivity index (χ2n) is 2.26. The molecule has 0 amide bonds. The smallest absolute Gasteiger partial charge is 0.248 e. The van der Waals surface area contributed by atoms with Gasteiger partial charge in [-0.05, 0) is 6.92 Å². The van der Waals surface area contributed by atoms with E-state index in [1.807, 2.05) is 0 Å². The molecular weight excluding hydrogens is 126 g/mol. The monoisotopic (exact) mass is 136 g/mol. The van der Waals surface area contributed by atoms with Crippen LogP contribution in [0.2, 0.25) is 0 Å². The van der Waals surface area contributed by atoms with Crippen molar-refractivity contribution in [2.24, 2.45) is 5.92 Å². The summed E-state index contributed by atoms with van der Waals surface area (Å²) in [7, 11) is 0. The minimum Gasteiger partial charge on any atom is -0.303 e. The molecule has 0 unspecified atom stereocenters. The van der Waals surface area contributed by atoms with Gasteiger partial charge in [0, 0.05) is 12.3 Å². The summed E-state index contributed by atoms with van der Waals surface area (Å²) in [6.45, 7) is 2.18. The Kier molecular flexibility index (Phi) is 2.74. The van der Waals surface area contributed by atoms with Crippen molar-refractivity contribution in [1.82, 2.24) is 0 Å². The van der Waals surface area contributed by atoms with Crippen LogP contribution in [0.4, 0.5) is 8.78 Å². The quantitative estimate of drug-likeness (QED) is 0.541. The van der Waals surface area contributed by atoms with Crippen LogP contribution in [0.15, 0.2) is 0 Å². The van der Waals surface area contributed by atoms with Gasteiger partial charge in [0.15, 0.2) is 0 Å². The largest absolute Gasteiger partial charge is 0.303 e. The van der Waals surface area contributed by atoms with Gasteiger partial charge in [-0.2, -0.15) is 0 Å². The van der Waals surface area contributed by atoms with Crippen LogP contribution in [0.5, 0.6) is 0 Å². The predicted octanol–water partition coefficient (Wildman–Crippen LogP) is 1.87. The van der Waals surface area contributed by atoms with E-state index in [0.29, 0.717) is 6.29 Å². The molecule has 0 aromatic heterocycles. The lowest BCUT2D eigenvalue weighted by atomic mass is 10.0. The van der Waals surface area contributed by atoms with Gasteiger partial charge < -0.3 is 4.79 Å². The third-order valence-electron chi connectivity index (χ3n) is 1.32. The van der Waals surface area contributed by atoms with E-state index in [1.165, 1.54) is 6.92 Å². The topological polar surface area (TPSA) is 17.1 Å². The molecule has 3 heteroatoms. The molecule has 0 N–H and O–H groups in total. The van der Waals surface area contributed by atoms with Crippen LogP contribution >= 0.6 is 0 Å². The number of carbonyl (C=O) groups excluding carboxylic acids is 1. The molecule has 1 nitrogen and oxygen atoms in total. The average Bonchev–Trinajstić information content (AvgIpc) is 1.64. The second-order valence-corrected chi connectivity index (χ2v) is 2.26. The fraction of sp³-hybridized carbons (Fsp3) is 0.833. The van der Waals surface area contributed by atoms with Crippen molar-refractivity contribution in [3.63, 3.8) is 0 Å². The van der Waals surface area contributed by atoms with Crippen LogP contribution in [0.3, 0.4) is 0 Å². The van der Waals surface area contributed by atoms with Crippen molar-refractivity contribution in [2.45, 2.75) is 26.2 Å². The number of rotatable bonds is 3.